The third-order valence-corrected chi connectivity index (χ3v) is 2.61. The Balaban J connectivity index is 3.24. The van der Waals surface area contributed by atoms with Crippen LogP contribution in [0.5, 0.6) is 11.5 Å². The summed E-state index contributed by atoms with van der Waals surface area (Å²) in [6.45, 7) is 1.91. The maximum absolute atomic E-state index is 5.81. The van der Waals surface area contributed by atoms with Crippen LogP contribution in [0.25, 0.3) is 0 Å². The molecule has 0 radical (unpaired) electrons. The number of hydrogen-bond acceptors (Lipinski definition) is 3. The molecular weight excluding hydrogens is 246 g/mol. The second-order valence-electron chi connectivity index (χ2n) is 3.02. The molecule has 4 heteroatoms. The van der Waals surface area contributed by atoms with Crippen LogP contribution >= 0.6 is 15.9 Å². The van der Waals surface area contributed by atoms with E-state index in [2.05, 4.69) is 15.9 Å². The molecular formula is C10H14BrNO2. The summed E-state index contributed by atoms with van der Waals surface area (Å²) in [7, 11) is 3.24. The third-order valence-electron chi connectivity index (χ3n) is 1.99. The number of rotatable bonds is 3. The molecule has 1 rings (SSSR count). The van der Waals surface area contributed by atoms with Crippen LogP contribution in [0.3, 0.4) is 0 Å². The van der Waals surface area contributed by atoms with E-state index in [-0.39, 0.29) is 6.04 Å². The lowest BCUT2D eigenvalue weighted by molar-refractivity contribution is 0.387. The second-order valence-corrected chi connectivity index (χ2v) is 3.87. The second kappa shape index (κ2) is 4.66. The van der Waals surface area contributed by atoms with Gasteiger partial charge in [0.05, 0.1) is 18.7 Å². The number of halogens is 1. The van der Waals surface area contributed by atoms with E-state index >= 15 is 0 Å². The number of ether oxygens (including phenoxy) is 2. The summed E-state index contributed by atoms with van der Waals surface area (Å²) in [5, 5.41) is 0. The van der Waals surface area contributed by atoms with Gasteiger partial charge in [-0.1, -0.05) is 0 Å². The summed E-state index contributed by atoms with van der Waals surface area (Å²) in [5.41, 5.74) is 6.77. The Labute approximate surface area is 92.3 Å². The Morgan fingerprint density at radius 2 is 1.79 bits per heavy atom. The highest BCUT2D eigenvalue weighted by molar-refractivity contribution is 9.10. The predicted molar refractivity (Wildman–Crippen MR) is 59.8 cm³/mol. The Bertz CT molecular complexity index is 326. The normalized spacial score (nSPS) is 12.4. The van der Waals surface area contributed by atoms with Crippen molar-refractivity contribution in [2.45, 2.75) is 13.0 Å². The average molecular weight is 260 g/mol. The van der Waals surface area contributed by atoms with Gasteiger partial charge >= 0.3 is 0 Å². The van der Waals surface area contributed by atoms with Gasteiger partial charge in [0.2, 0.25) is 0 Å². The zero-order valence-corrected chi connectivity index (χ0v) is 10.1. The molecule has 3 nitrogen and oxygen atoms in total. The van der Waals surface area contributed by atoms with E-state index in [9.17, 15) is 0 Å². The molecule has 0 aliphatic rings. The third kappa shape index (κ3) is 2.19. The molecule has 1 aromatic rings. The van der Waals surface area contributed by atoms with E-state index in [0.29, 0.717) is 0 Å². The van der Waals surface area contributed by atoms with Crippen LogP contribution in [0.15, 0.2) is 16.6 Å². The summed E-state index contributed by atoms with van der Waals surface area (Å²) < 4.78 is 11.3. The molecule has 2 N–H and O–H groups in total. The molecule has 0 aliphatic carbocycles. The molecule has 0 saturated heterocycles. The molecule has 0 bridgehead atoms. The number of nitrogens with two attached hydrogens (primary N) is 1. The van der Waals surface area contributed by atoms with Gasteiger partial charge in [-0.15, -0.1) is 0 Å². The summed E-state index contributed by atoms with van der Waals surface area (Å²) in [6, 6.07) is 3.68. The van der Waals surface area contributed by atoms with Gasteiger partial charge in [-0.25, -0.2) is 0 Å². The maximum atomic E-state index is 5.81. The first-order valence-corrected chi connectivity index (χ1v) is 5.06. The first-order valence-electron chi connectivity index (χ1n) is 4.27. The lowest BCUT2D eigenvalue weighted by Crippen LogP contribution is -2.07. The van der Waals surface area contributed by atoms with Gasteiger partial charge in [0.1, 0.15) is 11.5 Å². The largest absolute Gasteiger partial charge is 0.496 e. The summed E-state index contributed by atoms with van der Waals surface area (Å²) in [4.78, 5) is 0. The summed E-state index contributed by atoms with van der Waals surface area (Å²) >= 11 is 3.40. The highest BCUT2D eigenvalue weighted by atomic mass is 79.9. The molecule has 1 aromatic carbocycles. The Kier molecular flexibility index (Phi) is 3.77. The lowest BCUT2D eigenvalue weighted by Gasteiger charge is -2.14. The number of methoxy groups -OCH3 is 2. The Morgan fingerprint density at radius 3 is 2.21 bits per heavy atom. The lowest BCUT2D eigenvalue weighted by atomic mass is 10.1. The van der Waals surface area contributed by atoms with E-state index in [1.807, 2.05) is 19.1 Å². The highest BCUT2D eigenvalue weighted by Crippen LogP contribution is 2.34. The van der Waals surface area contributed by atoms with Crippen molar-refractivity contribution in [3.05, 3.63) is 22.2 Å². The quantitative estimate of drug-likeness (QED) is 0.908. The van der Waals surface area contributed by atoms with Gasteiger partial charge in [-0.2, -0.15) is 0 Å². The smallest absolute Gasteiger partial charge is 0.136 e. The molecule has 0 amide bonds. The van der Waals surface area contributed by atoms with Crippen molar-refractivity contribution in [3.63, 3.8) is 0 Å². The maximum Gasteiger partial charge on any atom is 0.136 e. The van der Waals surface area contributed by atoms with Gasteiger partial charge < -0.3 is 15.2 Å². The fourth-order valence-corrected chi connectivity index (χ4v) is 1.76. The number of hydrogen-bond donors (Lipinski definition) is 1. The molecule has 1 atom stereocenters. The first kappa shape index (κ1) is 11.3. The van der Waals surface area contributed by atoms with E-state index in [4.69, 9.17) is 15.2 Å². The van der Waals surface area contributed by atoms with Crippen LogP contribution in [0, 0.1) is 0 Å². The van der Waals surface area contributed by atoms with Gasteiger partial charge in [-0.05, 0) is 28.9 Å². The van der Waals surface area contributed by atoms with Crippen LogP contribution in [0.4, 0.5) is 0 Å². The van der Waals surface area contributed by atoms with Gasteiger partial charge in [0.15, 0.2) is 0 Å². The Hall–Kier alpha value is -0.740. The molecule has 0 saturated carbocycles. The molecule has 14 heavy (non-hydrogen) atoms. The molecule has 0 aliphatic heterocycles. The topological polar surface area (TPSA) is 44.5 Å². The van der Waals surface area contributed by atoms with Crippen molar-refractivity contribution in [1.82, 2.24) is 0 Å². The Morgan fingerprint density at radius 1 is 1.21 bits per heavy atom. The fraction of sp³-hybridized carbons (Fsp3) is 0.400. The van der Waals surface area contributed by atoms with Crippen molar-refractivity contribution < 1.29 is 9.47 Å². The molecule has 0 fully saturated rings. The van der Waals surface area contributed by atoms with Crippen molar-refractivity contribution in [3.8, 4) is 11.5 Å². The van der Waals surface area contributed by atoms with Crippen LogP contribution in [0.1, 0.15) is 18.5 Å². The zero-order valence-electron chi connectivity index (χ0n) is 8.50. The van der Waals surface area contributed by atoms with Gasteiger partial charge in [-0.3, -0.25) is 0 Å². The van der Waals surface area contributed by atoms with Crippen molar-refractivity contribution in [2.24, 2.45) is 5.73 Å². The predicted octanol–water partition coefficient (Wildman–Crippen LogP) is 2.49. The van der Waals surface area contributed by atoms with Crippen molar-refractivity contribution in [2.75, 3.05) is 14.2 Å². The zero-order chi connectivity index (χ0) is 10.7. The minimum Gasteiger partial charge on any atom is -0.496 e. The first-order chi connectivity index (χ1) is 6.60. The van der Waals surface area contributed by atoms with E-state index in [1.54, 1.807) is 14.2 Å². The van der Waals surface area contributed by atoms with Crippen LogP contribution < -0.4 is 15.2 Å². The fourth-order valence-electron chi connectivity index (χ4n) is 1.24. The minimum atomic E-state index is -0.0628. The molecule has 0 aromatic heterocycles. The van der Waals surface area contributed by atoms with E-state index in [0.717, 1.165) is 21.5 Å². The van der Waals surface area contributed by atoms with Gasteiger partial charge in [0, 0.05) is 17.7 Å². The van der Waals surface area contributed by atoms with E-state index < -0.39 is 0 Å². The monoisotopic (exact) mass is 259 g/mol. The number of benzene rings is 1. The molecule has 78 valence electrons. The molecule has 0 heterocycles. The summed E-state index contributed by atoms with van der Waals surface area (Å²) in [6.07, 6.45) is 0. The van der Waals surface area contributed by atoms with Crippen molar-refractivity contribution in [1.29, 1.82) is 0 Å². The molecule has 0 spiro atoms. The van der Waals surface area contributed by atoms with E-state index in [1.165, 1.54) is 0 Å². The minimum absolute atomic E-state index is 0.0628. The SMILES string of the molecule is COc1cc(OC)c(C(C)N)cc1Br. The van der Waals surface area contributed by atoms with Crippen molar-refractivity contribution >= 4 is 15.9 Å². The van der Waals surface area contributed by atoms with Crippen LogP contribution in [-0.2, 0) is 0 Å². The average Bonchev–Trinajstić information content (AvgIpc) is 2.17. The van der Waals surface area contributed by atoms with Gasteiger partial charge in [0.25, 0.3) is 0 Å². The molecule has 1 unspecified atom stereocenters. The standard InChI is InChI=1S/C10H14BrNO2/c1-6(12)7-4-8(11)10(14-3)5-9(7)13-2/h4-6H,12H2,1-3H3. The summed E-state index contributed by atoms with van der Waals surface area (Å²) in [5.74, 6) is 1.49. The highest BCUT2D eigenvalue weighted by Gasteiger charge is 2.11. The van der Waals surface area contributed by atoms with Crippen LogP contribution in [-0.4, -0.2) is 14.2 Å². The van der Waals surface area contributed by atoms with Crippen LogP contribution in [0.2, 0.25) is 0 Å².